The van der Waals surface area contributed by atoms with Crippen molar-refractivity contribution in [2.75, 3.05) is 0 Å². The number of aliphatic hydroxyl groups excluding tert-OH is 1. The summed E-state index contributed by atoms with van der Waals surface area (Å²) < 4.78 is 29.0. The minimum absolute atomic E-state index is 0.147. The predicted octanol–water partition coefficient (Wildman–Crippen LogP) is 4.32. The summed E-state index contributed by atoms with van der Waals surface area (Å²) in [7, 11) is 1.84. The van der Waals surface area contributed by atoms with Crippen molar-refractivity contribution in [3.05, 3.63) is 41.5 Å². The molecule has 0 saturated heterocycles. The fourth-order valence-electron chi connectivity index (χ4n) is 3.53. The molecule has 4 aromatic heterocycles. The van der Waals surface area contributed by atoms with Crippen molar-refractivity contribution in [2.45, 2.75) is 24.9 Å². The Morgan fingerprint density at radius 3 is 2.89 bits per heavy atom. The smallest absolute Gasteiger partial charge is 0.253 e. The van der Waals surface area contributed by atoms with E-state index in [1.54, 1.807) is 16.9 Å². The van der Waals surface area contributed by atoms with E-state index in [1.165, 1.54) is 11.3 Å². The second-order valence-corrected chi connectivity index (χ2v) is 8.09. The molecule has 27 heavy (non-hydrogen) atoms. The average molecular weight is 386 g/mol. The van der Waals surface area contributed by atoms with Crippen molar-refractivity contribution in [3.8, 4) is 11.3 Å². The van der Waals surface area contributed by atoms with Crippen LogP contribution in [0.15, 0.2) is 36.7 Å². The van der Waals surface area contributed by atoms with E-state index in [0.29, 0.717) is 16.9 Å². The molecule has 5 nitrogen and oxygen atoms in total. The zero-order valence-electron chi connectivity index (χ0n) is 14.4. The van der Waals surface area contributed by atoms with Crippen LogP contribution in [0.5, 0.6) is 0 Å². The van der Waals surface area contributed by atoms with Gasteiger partial charge in [-0.3, -0.25) is 4.68 Å². The number of alkyl halides is 2. The van der Waals surface area contributed by atoms with E-state index in [-0.39, 0.29) is 6.42 Å². The number of fused-ring (bicyclic) bond motifs is 2. The molecule has 5 rings (SSSR count). The quantitative estimate of drug-likeness (QED) is 0.569. The Morgan fingerprint density at radius 1 is 1.30 bits per heavy atom. The van der Waals surface area contributed by atoms with Crippen LogP contribution in [0.4, 0.5) is 8.78 Å². The van der Waals surface area contributed by atoms with Gasteiger partial charge in [-0.15, -0.1) is 11.3 Å². The Kier molecular flexibility index (Phi) is 3.57. The van der Waals surface area contributed by atoms with Crippen molar-refractivity contribution in [2.24, 2.45) is 13.0 Å². The fourth-order valence-corrected chi connectivity index (χ4v) is 4.62. The predicted molar refractivity (Wildman–Crippen MR) is 99.8 cm³/mol. The lowest BCUT2D eigenvalue weighted by atomic mass is 9.76. The molecule has 0 spiro atoms. The second kappa shape index (κ2) is 5.77. The van der Waals surface area contributed by atoms with Crippen LogP contribution in [0, 0.1) is 5.92 Å². The molecule has 2 atom stereocenters. The Balaban J connectivity index is 1.51. The third-order valence-electron chi connectivity index (χ3n) is 5.18. The van der Waals surface area contributed by atoms with Crippen molar-refractivity contribution in [1.82, 2.24) is 19.7 Å². The Labute approximate surface area is 157 Å². The van der Waals surface area contributed by atoms with E-state index >= 15 is 0 Å². The van der Waals surface area contributed by atoms with Gasteiger partial charge in [0, 0.05) is 47.1 Å². The number of pyridine rings is 2. The molecule has 0 bridgehead atoms. The van der Waals surface area contributed by atoms with E-state index in [9.17, 15) is 13.9 Å². The summed E-state index contributed by atoms with van der Waals surface area (Å²) in [5.41, 5.74) is 2.28. The molecule has 4 heterocycles. The van der Waals surface area contributed by atoms with E-state index in [2.05, 4.69) is 15.1 Å². The first-order valence-corrected chi connectivity index (χ1v) is 9.48. The summed E-state index contributed by atoms with van der Waals surface area (Å²) in [5, 5.41) is 16.4. The monoisotopic (exact) mass is 386 g/mol. The maximum atomic E-state index is 13.6. The van der Waals surface area contributed by atoms with E-state index in [1.807, 2.05) is 31.4 Å². The molecule has 0 radical (unpaired) electrons. The SMILES string of the molecule is Cn1cc2cc(-c3ccc4cc([C@@H](O)[C@H]5CCC5(F)F)sc4n3)cnc2n1. The highest BCUT2D eigenvalue weighted by atomic mass is 32.1. The van der Waals surface area contributed by atoms with Gasteiger partial charge in [0.25, 0.3) is 5.92 Å². The Hall–Kier alpha value is -2.45. The maximum absolute atomic E-state index is 13.6. The highest BCUT2D eigenvalue weighted by Crippen LogP contribution is 2.51. The number of hydrogen-bond donors (Lipinski definition) is 1. The third-order valence-corrected chi connectivity index (χ3v) is 6.29. The zero-order valence-corrected chi connectivity index (χ0v) is 15.2. The van der Waals surface area contributed by atoms with E-state index < -0.39 is 17.9 Å². The molecule has 0 unspecified atom stereocenters. The number of hydrogen-bond acceptors (Lipinski definition) is 5. The first kappa shape index (κ1) is 16.7. The zero-order chi connectivity index (χ0) is 18.8. The lowest BCUT2D eigenvalue weighted by Crippen LogP contribution is -2.42. The van der Waals surface area contributed by atoms with Gasteiger partial charge in [-0.2, -0.15) is 5.10 Å². The summed E-state index contributed by atoms with van der Waals surface area (Å²) >= 11 is 1.27. The molecule has 0 amide bonds. The molecule has 1 aliphatic carbocycles. The van der Waals surface area contributed by atoms with Crippen LogP contribution in [0.3, 0.4) is 0 Å². The number of halogens is 2. The van der Waals surface area contributed by atoms with Gasteiger partial charge in [0.2, 0.25) is 0 Å². The van der Waals surface area contributed by atoms with Crippen molar-refractivity contribution < 1.29 is 13.9 Å². The molecule has 1 N–H and O–H groups in total. The second-order valence-electron chi connectivity index (χ2n) is 7.03. The summed E-state index contributed by atoms with van der Waals surface area (Å²) in [6.45, 7) is 0. The molecular weight excluding hydrogens is 370 g/mol. The minimum Gasteiger partial charge on any atom is -0.387 e. The number of rotatable bonds is 3. The lowest BCUT2D eigenvalue weighted by Gasteiger charge is -2.38. The average Bonchev–Trinajstić information content (AvgIpc) is 3.21. The fraction of sp³-hybridized carbons (Fsp3) is 0.316. The first-order chi connectivity index (χ1) is 12.9. The van der Waals surface area contributed by atoms with Gasteiger partial charge in [-0.25, -0.2) is 18.7 Å². The molecule has 1 fully saturated rings. The summed E-state index contributed by atoms with van der Waals surface area (Å²) in [6.07, 6.45) is 2.67. The van der Waals surface area contributed by atoms with Crippen LogP contribution >= 0.6 is 11.3 Å². The first-order valence-electron chi connectivity index (χ1n) is 8.67. The molecule has 1 aliphatic rings. The number of thiophene rings is 1. The molecule has 4 aromatic rings. The lowest BCUT2D eigenvalue weighted by molar-refractivity contribution is -0.172. The highest BCUT2D eigenvalue weighted by Gasteiger charge is 2.52. The van der Waals surface area contributed by atoms with Gasteiger partial charge in [-0.1, -0.05) is 0 Å². The van der Waals surface area contributed by atoms with Gasteiger partial charge >= 0.3 is 0 Å². The summed E-state index contributed by atoms with van der Waals surface area (Å²) in [6, 6.07) is 7.51. The van der Waals surface area contributed by atoms with Crippen molar-refractivity contribution in [1.29, 1.82) is 0 Å². The summed E-state index contributed by atoms with van der Waals surface area (Å²) in [5.74, 6) is -3.78. The van der Waals surface area contributed by atoms with Crippen LogP contribution in [-0.2, 0) is 7.05 Å². The molecule has 1 saturated carbocycles. The molecule has 138 valence electrons. The van der Waals surface area contributed by atoms with Gasteiger partial charge in [0.05, 0.1) is 17.7 Å². The van der Waals surface area contributed by atoms with Gasteiger partial charge < -0.3 is 5.11 Å². The topological polar surface area (TPSA) is 63.8 Å². The normalized spacial score (nSPS) is 20.1. The van der Waals surface area contributed by atoms with Crippen molar-refractivity contribution in [3.63, 3.8) is 0 Å². The largest absolute Gasteiger partial charge is 0.387 e. The standard InChI is InChI=1S/C19H16F2N4OS/c1-25-9-12-6-11(8-22-17(12)24-25)14-3-2-10-7-15(27-18(10)23-14)16(26)13-4-5-19(13,20)21/h2-3,6-9,13,16,26H,4-5H2,1H3/t13-,16+/m1/s1. The molecule has 8 heteroatoms. The van der Waals surface area contributed by atoms with Crippen LogP contribution < -0.4 is 0 Å². The highest BCUT2D eigenvalue weighted by molar-refractivity contribution is 7.18. The van der Waals surface area contributed by atoms with Crippen LogP contribution in [0.1, 0.15) is 23.8 Å². The van der Waals surface area contributed by atoms with Crippen LogP contribution in [-0.4, -0.2) is 30.8 Å². The number of aromatic nitrogens is 4. The summed E-state index contributed by atoms with van der Waals surface area (Å²) in [4.78, 5) is 10.3. The van der Waals surface area contributed by atoms with Gasteiger partial charge in [-0.05, 0) is 30.7 Å². The van der Waals surface area contributed by atoms with Crippen molar-refractivity contribution >= 4 is 32.6 Å². The Bertz CT molecular complexity index is 1170. The van der Waals surface area contributed by atoms with E-state index in [0.717, 1.165) is 26.9 Å². The van der Waals surface area contributed by atoms with Crippen LogP contribution in [0.2, 0.25) is 0 Å². The third kappa shape index (κ3) is 2.71. The number of aryl methyl sites for hydroxylation is 1. The molecule has 0 aromatic carbocycles. The Morgan fingerprint density at radius 2 is 2.15 bits per heavy atom. The maximum Gasteiger partial charge on any atom is 0.253 e. The van der Waals surface area contributed by atoms with Crippen LogP contribution in [0.25, 0.3) is 32.5 Å². The number of nitrogens with zero attached hydrogens (tertiary/aromatic N) is 4. The van der Waals surface area contributed by atoms with Gasteiger partial charge in [0.1, 0.15) is 4.83 Å². The molecular formula is C19H16F2N4OS. The number of aliphatic hydroxyl groups is 1. The van der Waals surface area contributed by atoms with Gasteiger partial charge in [0.15, 0.2) is 5.65 Å². The molecule has 0 aliphatic heterocycles. The van der Waals surface area contributed by atoms with E-state index in [4.69, 9.17) is 0 Å². The minimum atomic E-state index is -2.78.